The monoisotopic (exact) mass is 276 g/mol. The summed E-state index contributed by atoms with van der Waals surface area (Å²) < 4.78 is 5.48. The molecular formula is C16H24N2O2. The highest BCUT2D eigenvalue weighted by Crippen LogP contribution is 2.21. The van der Waals surface area contributed by atoms with Crippen molar-refractivity contribution < 1.29 is 9.53 Å². The molecule has 110 valence electrons. The predicted molar refractivity (Wildman–Crippen MR) is 80.6 cm³/mol. The Morgan fingerprint density at radius 3 is 2.90 bits per heavy atom. The smallest absolute Gasteiger partial charge is 0.253 e. The molecule has 4 nitrogen and oxygen atoms in total. The molecule has 2 unspecified atom stereocenters. The van der Waals surface area contributed by atoms with Gasteiger partial charge in [0.1, 0.15) is 6.10 Å². The first-order valence-corrected chi connectivity index (χ1v) is 7.31. The van der Waals surface area contributed by atoms with E-state index in [2.05, 4.69) is 37.5 Å². The van der Waals surface area contributed by atoms with Crippen molar-refractivity contribution in [3.05, 3.63) is 29.8 Å². The molecule has 0 spiro atoms. The van der Waals surface area contributed by atoms with E-state index in [1.54, 1.807) is 0 Å². The topological polar surface area (TPSA) is 50.4 Å². The molecule has 0 aromatic heterocycles. The molecule has 1 aromatic rings. The maximum atomic E-state index is 12.2. The average molecular weight is 276 g/mol. The first-order valence-electron chi connectivity index (χ1n) is 7.31. The number of rotatable bonds is 5. The van der Waals surface area contributed by atoms with Crippen LogP contribution in [-0.4, -0.2) is 24.7 Å². The highest BCUT2D eigenvalue weighted by atomic mass is 16.5. The zero-order valence-corrected chi connectivity index (χ0v) is 12.5. The van der Waals surface area contributed by atoms with Crippen LogP contribution in [0, 0.1) is 5.92 Å². The molecule has 1 heterocycles. The van der Waals surface area contributed by atoms with Gasteiger partial charge in [0.15, 0.2) is 0 Å². The van der Waals surface area contributed by atoms with E-state index in [9.17, 15) is 4.79 Å². The molecule has 4 heteroatoms. The molecule has 2 rings (SSSR count). The number of hydrogen-bond acceptors (Lipinski definition) is 3. The zero-order chi connectivity index (χ0) is 14.5. The molecule has 0 bridgehead atoms. The molecular weight excluding hydrogens is 252 g/mol. The number of carbonyl (C=O) groups excluding carboxylic acids is 1. The number of ether oxygens (including phenoxy) is 1. The van der Waals surface area contributed by atoms with Crippen LogP contribution in [0.5, 0.6) is 0 Å². The lowest BCUT2D eigenvalue weighted by Gasteiger charge is -2.15. The van der Waals surface area contributed by atoms with Crippen molar-refractivity contribution in [3.63, 3.8) is 0 Å². The third-order valence-corrected chi connectivity index (χ3v) is 3.55. The minimum absolute atomic E-state index is 0.0380. The van der Waals surface area contributed by atoms with Crippen LogP contribution in [-0.2, 0) is 16.1 Å². The summed E-state index contributed by atoms with van der Waals surface area (Å²) in [7, 11) is 0. The Kier molecular flexibility index (Phi) is 5.15. The van der Waals surface area contributed by atoms with Gasteiger partial charge >= 0.3 is 0 Å². The van der Waals surface area contributed by atoms with Crippen LogP contribution in [0.15, 0.2) is 24.3 Å². The van der Waals surface area contributed by atoms with Crippen molar-refractivity contribution in [2.45, 2.75) is 45.9 Å². The third kappa shape index (κ3) is 4.05. The standard InChI is InChI=1S/C16H24N2O2/c1-11(2)17-10-13-5-4-6-14(9-13)18-16(19)15-12(3)7-8-20-15/h4-6,9,11-12,15,17H,7-8,10H2,1-3H3,(H,18,19). The molecule has 1 aliphatic rings. The SMILES string of the molecule is CC(C)NCc1cccc(NC(=O)C2OCCC2C)c1. The van der Waals surface area contributed by atoms with Gasteiger partial charge < -0.3 is 15.4 Å². The maximum absolute atomic E-state index is 12.2. The van der Waals surface area contributed by atoms with Gasteiger partial charge in [-0.15, -0.1) is 0 Å². The fourth-order valence-corrected chi connectivity index (χ4v) is 2.33. The minimum atomic E-state index is -0.313. The van der Waals surface area contributed by atoms with Gasteiger partial charge in [-0.3, -0.25) is 4.79 Å². The van der Waals surface area contributed by atoms with Gasteiger partial charge in [0.2, 0.25) is 0 Å². The maximum Gasteiger partial charge on any atom is 0.253 e. The van der Waals surface area contributed by atoms with Crippen LogP contribution >= 0.6 is 0 Å². The predicted octanol–water partition coefficient (Wildman–Crippen LogP) is 2.55. The molecule has 0 saturated carbocycles. The van der Waals surface area contributed by atoms with E-state index in [-0.39, 0.29) is 12.0 Å². The number of hydrogen-bond donors (Lipinski definition) is 2. The summed E-state index contributed by atoms with van der Waals surface area (Å²) in [5, 5.41) is 6.32. The van der Waals surface area contributed by atoms with Gasteiger partial charge in [-0.1, -0.05) is 32.9 Å². The third-order valence-electron chi connectivity index (χ3n) is 3.55. The minimum Gasteiger partial charge on any atom is -0.368 e. The molecule has 0 aliphatic carbocycles. The van der Waals surface area contributed by atoms with E-state index in [4.69, 9.17) is 4.74 Å². The Labute approximate surface area is 120 Å². The van der Waals surface area contributed by atoms with Gasteiger partial charge in [-0.25, -0.2) is 0 Å². The number of carbonyl (C=O) groups is 1. The zero-order valence-electron chi connectivity index (χ0n) is 12.5. The average Bonchev–Trinajstić information content (AvgIpc) is 2.83. The first-order chi connectivity index (χ1) is 9.56. The first kappa shape index (κ1) is 15.0. The second-order valence-electron chi connectivity index (χ2n) is 5.78. The Morgan fingerprint density at radius 2 is 2.25 bits per heavy atom. The summed E-state index contributed by atoms with van der Waals surface area (Å²) in [6, 6.07) is 8.38. The number of benzene rings is 1. The van der Waals surface area contributed by atoms with Crippen LogP contribution in [0.1, 0.15) is 32.8 Å². The Hall–Kier alpha value is -1.39. The summed E-state index contributed by atoms with van der Waals surface area (Å²) in [4.78, 5) is 12.2. The Balaban J connectivity index is 1.95. The molecule has 0 radical (unpaired) electrons. The second-order valence-corrected chi connectivity index (χ2v) is 5.78. The number of nitrogens with one attached hydrogen (secondary N) is 2. The lowest BCUT2D eigenvalue weighted by Crippen LogP contribution is -2.31. The van der Waals surface area contributed by atoms with E-state index < -0.39 is 0 Å². The van der Waals surface area contributed by atoms with E-state index in [0.29, 0.717) is 18.6 Å². The van der Waals surface area contributed by atoms with Crippen molar-refractivity contribution in [2.24, 2.45) is 5.92 Å². The van der Waals surface area contributed by atoms with Crippen molar-refractivity contribution in [2.75, 3.05) is 11.9 Å². The highest BCUT2D eigenvalue weighted by molar-refractivity contribution is 5.94. The lowest BCUT2D eigenvalue weighted by atomic mass is 10.0. The molecule has 1 aromatic carbocycles. The normalized spacial score (nSPS) is 22.2. The van der Waals surface area contributed by atoms with E-state index in [1.807, 2.05) is 18.2 Å². The molecule has 2 atom stereocenters. The molecule has 1 saturated heterocycles. The van der Waals surface area contributed by atoms with Gasteiger partial charge in [0, 0.05) is 24.9 Å². The second kappa shape index (κ2) is 6.86. The number of anilines is 1. The summed E-state index contributed by atoms with van der Waals surface area (Å²) >= 11 is 0. The molecule has 2 N–H and O–H groups in total. The van der Waals surface area contributed by atoms with Gasteiger partial charge in [0.25, 0.3) is 5.91 Å². The molecule has 1 fully saturated rings. The fraction of sp³-hybridized carbons (Fsp3) is 0.562. The summed E-state index contributed by atoms with van der Waals surface area (Å²) in [5.41, 5.74) is 2.00. The van der Waals surface area contributed by atoms with Gasteiger partial charge in [-0.05, 0) is 30.0 Å². The number of amides is 1. The Bertz CT molecular complexity index is 460. The van der Waals surface area contributed by atoms with Crippen LogP contribution in [0.4, 0.5) is 5.69 Å². The van der Waals surface area contributed by atoms with E-state index >= 15 is 0 Å². The van der Waals surface area contributed by atoms with Crippen LogP contribution < -0.4 is 10.6 Å². The van der Waals surface area contributed by atoms with Crippen molar-refractivity contribution in [1.82, 2.24) is 5.32 Å². The fourth-order valence-electron chi connectivity index (χ4n) is 2.33. The van der Waals surface area contributed by atoms with Crippen LogP contribution in [0.25, 0.3) is 0 Å². The van der Waals surface area contributed by atoms with Crippen molar-refractivity contribution in [1.29, 1.82) is 0 Å². The molecule has 1 amide bonds. The van der Waals surface area contributed by atoms with E-state index in [0.717, 1.165) is 24.2 Å². The van der Waals surface area contributed by atoms with Crippen LogP contribution in [0.2, 0.25) is 0 Å². The summed E-state index contributed by atoms with van der Waals surface area (Å²) in [6.07, 6.45) is 0.642. The lowest BCUT2D eigenvalue weighted by molar-refractivity contribution is -0.126. The van der Waals surface area contributed by atoms with E-state index in [1.165, 1.54) is 0 Å². The van der Waals surface area contributed by atoms with Gasteiger partial charge in [0.05, 0.1) is 0 Å². The highest BCUT2D eigenvalue weighted by Gasteiger charge is 2.30. The van der Waals surface area contributed by atoms with Crippen LogP contribution in [0.3, 0.4) is 0 Å². The quantitative estimate of drug-likeness (QED) is 0.869. The van der Waals surface area contributed by atoms with Gasteiger partial charge in [-0.2, -0.15) is 0 Å². The summed E-state index contributed by atoms with van der Waals surface area (Å²) in [6.45, 7) is 7.77. The van der Waals surface area contributed by atoms with Crippen molar-refractivity contribution in [3.8, 4) is 0 Å². The summed E-state index contributed by atoms with van der Waals surface area (Å²) in [5.74, 6) is 0.254. The Morgan fingerprint density at radius 1 is 1.45 bits per heavy atom. The van der Waals surface area contributed by atoms with Crippen molar-refractivity contribution >= 4 is 11.6 Å². The molecule has 20 heavy (non-hydrogen) atoms. The largest absolute Gasteiger partial charge is 0.368 e. The molecule has 1 aliphatic heterocycles.